The average molecular weight is 384 g/mol. The molecule has 0 saturated heterocycles. The molecular formula is C18H15F3O4S. The van der Waals surface area contributed by atoms with E-state index >= 15 is 0 Å². The molecule has 1 atom stereocenters. The van der Waals surface area contributed by atoms with Gasteiger partial charge in [0.1, 0.15) is 4.90 Å². The van der Waals surface area contributed by atoms with Crippen LogP contribution in [0.2, 0.25) is 0 Å². The molecule has 0 heterocycles. The molecule has 2 aromatic carbocycles. The van der Waals surface area contributed by atoms with Gasteiger partial charge in [0.2, 0.25) is 0 Å². The smallest absolute Gasteiger partial charge is 0.378 e. The Hall–Kier alpha value is -2.35. The Morgan fingerprint density at radius 3 is 2.42 bits per heavy atom. The van der Waals surface area contributed by atoms with Gasteiger partial charge in [-0.25, -0.2) is 0 Å². The lowest BCUT2D eigenvalue weighted by Crippen LogP contribution is -2.18. The van der Waals surface area contributed by atoms with E-state index in [2.05, 4.69) is 0 Å². The maximum Gasteiger partial charge on any atom is 0.417 e. The molecule has 3 rings (SSSR count). The molecule has 1 aliphatic carbocycles. The largest absolute Gasteiger partial charge is 0.417 e. The highest BCUT2D eigenvalue weighted by atomic mass is 32.2. The number of carbonyl (C=O) groups excluding carboxylic acids is 1. The lowest BCUT2D eigenvalue weighted by atomic mass is 9.98. The number of hydrogen-bond acceptors (Lipinski definition) is 4. The predicted octanol–water partition coefficient (Wildman–Crippen LogP) is 4.47. The Bertz CT molecular complexity index is 994. The molecule has 0 bridgehead atoms. The Balaban J connectivity index is 2.11. The molecule has 8 heteroatoms. The van der Waals surface area contributed by atoms with Crippen molar-refractivity contribution in [1.82, 2.24) is 0 Å². The Labute approximate surface area is 148 Å². The van der Waals surface area contributed by atoms with Gasteiger partial charge in [-0.05, 0) is 42.2 Å². The van der Waals surface area contributed by atoms with Crippen molar-refractivity contribution in [3.05, 3.63) is 58.7 Å². The number of benzene rings is 2. The van der Waals surface area contributed by atoms with E-state index in [1.54, 1.807) is 13.0 Å². The molecule has 0 amide bonds. The molecular weight excluding hydrogens is 369 g/mol. The van der Waals surface area contributed by atoms with Gasteiger partial charge in [0, 0.05) is 6.42 Å². The van der Waals surface area contributed by atoms with Gasteiger partial charge >= 0.3 is 16.3 Å². The third-order valence-electron chi connectivity index (χ3n) is 4.35. The summed E-state index contributed by atoms with van der Waals surface area (Å²) in [5.74, 6) is -0.631. The standard InChI is InChI=1S/C18H15F3O4S/c1-10-7-8-14(17-13(22)9-11(2)16(10)17)25-26(23,24)15-6-4-3-5-12(15)18(19,20)21/h3-8,11H,9H2,1-2H3. The average Bonchev–Trinajstić information content (AvgIpc) is 2.85. The minimum Gasteiger partial charge on any atom is -0.378 e. The first-order valence-electron chi connectivity index (χ1n) is 7.80. The number of ketones is 1. The lowest BCUT2D eigenvalue weighted by molar-refractivity contribution is -0.139. The zero-order valence-electron chi connectivity index (χ0n) is 13.9. The van der Waals surface area contributed by atoms with E-state index in [4.69, 9.17) is 4.18 Å². The number of rotatable bonds is 3. The van der Waals surface area contributed by atoms with Crippen LogP contribution in [0, 0.1) is 6.92 Å². The van der Waals surface area contributed by atoms with Gasteiger partial charge in [-0.1, -0.05) is 25.1 Å². The first-order valence-corrected chi connectivity index (χ1v) is 9.20. The molecule has 4 nitrogen and oxygen atoms in total. The highest BCUT2D eigenvalue weighted by molar-refractivity contribution is 7.87. The van der Waals surface area contributed by atoms with Crippen molar-refractivity contribution < 1.29 is 30.6 Å². The van der Waals surface area contributed by atoms with Gasteiger partial charge in [0.15, 0.2) is 11.5 Å². The third-order valence-corrected chi connectivity index (χ3v) is 5.64. The van der Waals surface area contributed by atoms with Crippen molar-refractivity contribution in [3.63, 3.8) is 0 Å². The molecule has 0 aromatic heterocycles. The predicted molar refractivity (Wildman–Crippen MR) is 87.8 cm³/mol. The molecule has 0 N–H and O–H groups in total. The summed E-state index contributed by atoms with van der Waals surface area (Å²) in [6.07, 6.45) is -4.65. The minimum absolute atomic E-state index is 0.105. The van der Waals surface area contributed by atoms with E-state index in [1.807, 2.05) is 6.92 Å². The lowest BCUT2D eigenvalue weighted by Gasteiger charge is -2.16. The first-order chi connectivity index (χ1) is 12.0. The van der Waals surface area contributed by atoms with Gasteiger partial charge in [0.05, 0.1) is 11.1 Å². The topological polar surface area (TPSA) is 60.4 Å². The van der Waals surface area contributed by atoms with Crippen LogP contribution < -0.4 is 4.18 Å². The van der Waals surface area contributed by atoms with Crippen LogP contribution in [0.5, 0.6) is 5.75 Å². The second kappa shape index (κ2) is 6.12. The van der Waals surface area contributed by atoms with Crippen LogP contribution in [0.25, 0.3) is 0 Å². The number of alkyl halides is 3. The fourth-order valence-corrected chi connectivity index (χ4v) is 4.42. The maximum atomic E-state index is 13.1. The monoisotopic (exact) mass is 384 g/mol. The number of fused-ring (bicyclic) bond motifs is 1. The van der Waals surface area contributed by atoms with Crippen LogP contribution in [-0.4, -0.2) is 14.2 Å². The number of carbonyl (C=O) groups is 1. The summed E-state index contributed by atoms with van der Waals surface area (Å²) < 4.78 is 69.4. The van der Waals surface area contributed by atoms with Crippen LogP contribution >= 0.6 is 0 Å². The summed E-state index contributed by atoms with van der Waals surface area (Å²) in [5.41, 5.74) is 0.291. The number of hydrogen-bond donors (Lipinski definition) is 0. The van der Waals surface area contributed by atoms with Crippen LogP contribution in [-0.2, 0) is 16.3 Å². The summed E-state index contributed by atoms with van der Waals surface area (Å²) >= 11 is 0. The van der Waals surface area contributed by atoms with Crippen molar-refractivity contribution in [2.75, 3.05) is 0 Å². The SMILES string of the molecule is Cc1ccc(OS(=O)(=O)c2ccccc2C(F)(F)F)c2c1C(C)CC2=O. The zero-order chi connectivity index (χ0) is 19.3. The molecule has 0 radical (unpaired) electrons. The molecule has 2 aromatic rings. The molecule has 26 heavy (non-hydrogen) atoms. The Morgan fingerprint density at radius 2 is 1.77 bits per heavy atom. The van der Waals surface area contributed by atoms with E-state index in [9.17, 15) is 26.4 Å². The summed E-state index contributed by atoms with van der Waals surface area (Å²) in [6, 6.07) is 6.67. The minimum atomic E-state index is -4.85. The second-order valence-electron chi connectivity index (χ2n) is 6.23. The molecule has 138 valence electrons. The van der Waals surface area contributed by atoms with E-state index < -0.39 is 26.8 Å². The molecule has 0 aliphatic heterocycles. The van der Waals surface area contributed by atoms with Crippen LogP contribution in [0.4, 0.5) is 13.2 Å². The van der Waals surface area contributed by atoms with Crippen molar-refractivity contribution >= 4 is 15.9 Å². The quantitative estimate of drug-likeness (QED) is 0.733. The van der Waals surface area contributed by atoms with Crippen molar-refractivity contribution in [2.45, 2.75) is 37.3 Å². The van der Waals surface area contributed by atoms with Crippen molar-refractivity contribution in [1.29, 1.82) is 0 Å². The molecule has 0 fully saturated rings. The fraction of sp³-hybridized carbons (Fsp3) is 0.278. The summed E-state index contributed by atoms with van der Waals surface area (Å²) in [5, 5.41) is 0. The molecule has 1 unspecified atom stereocenters. The van der Waals surface area contributed by atoms with Gasteiger partial charge in [-0.3, -0.25) is 4.79 Å². The fourth-order valence-electron chi connectivity index (χ4n) is 3.26. The van der Waals surface area contributed by atoms with Crippen molar-refractivity contribution in [2.24, 2.45) is 0 Å². The Kier molecular flexibility index (Phi) is 4.34. The Morgan fingerprint density at radius 1 is 1.12 bits per heavy atom. The number of halogens is 3. The van der Waals surface area contributed by atoms with E-state index in [0.717, 1.165) is 17.7 Å². The summed E-state index contributed by atoms with van der Waals surface area (Å²) in [7, 11) is -4.77. The highest BCUT2D eigenvalue weighted by Crippen LogP contribution is 2.41. The van der Waals surface area contributed by atoms with Gasteiger partial charge in [0.25, 0.3) is 0 Å². The first kappa shape index (κ1) is 18.4. The molecule has 1 aliphatic rings. The third kappa shape index (κ3) is 3.09. The van der Waals surface area contributed by atoms with Gasteiger partial charge < -0.3 is 4.18 Å². The summed E-state index contributed by atoms with van der Waals surface area (Å²) in [6.45, 7) is 3.61. The highest BCUT2D eigenvalue weighted by Gasteiger charge is 2.39. The van der Waals surface area contributed by atoms with Crippen molar-refractivity contribution in [3.8, 4) is 5.75 Å². The maximum absolute atomic E-state index is 13.1. The van der Waals surface area contributed by atoms with Crippen LogP contribution in [0.1, 0.15) is 46.3 Å². The zero-order valence-corrected chi connectivity index (χ0v) is 14.7. The molecule has 0 spiro atoms. The second-order valence-corrected chi connectivity index (χ2v) is 7.74. The van der Waals surface area contributed by atoms with E-state index in [-0.39, 0.29) is 29.4 Å². The van der Waals surface area contributed by atoms with Gasteiger partial charge in [-0.15, -0.1) is 0 Å². The molecule has 0 saturated carbocycles. The normalized spacial score (nSPS) is 17.3. The van der Waals surface area contributed by atoms with Crippen LogP contribution in [0.15, 0.2) is 41.3 Å². The van der Waals surface area contributed by atoms with E-state index in [0.29, 0.717) is 11.6 Å². The number of Topliss-reactive ketones (excluding diaryl/α,β-unsaturated/α-hetero) is 1. The van der Waals surface area contributed by atoms with E-state index in [1.165, 1.54) is 12.1 Å². The number of aryl methyl sites for hydroxylation is 1. The van der Waals surface area contributed by atoms with Crippen LogP contribution in [0.3, 0.4) is 0 Å². The van der Waals surface area contributed by atoms with Gasteiger partial charge in [-0.2, -0.15) is 21.6 Å². The summed E-state index contributed by atoms with van der Waals surface area (Å²) in [4.78, 5) is 11.3.